The first-order valence-corrected chi connectivity index (χ1v) is 10.4. The maximum atomic E-state index is 10.8. The number of hydrogen-bond donors (Lipinski definition) is 1. The van der Waals surface area contributed by atoms with Crippen LogP contribution in [0, 0.1) is 11.8 Å². The molecule has 9 heteroatoms. The average molecular weight is 435 g/mol. The summed E-state index contributed by atoms with van der Waals surface area (Å²) in [4.78, 5) is 13.2. The molecule has 0 spiro atoms. The van der Waals surface area contributed by atoms with Gasteiger partial charge in [0, 0.05) is 37.9 Å². The summed E-state index contributed by atoms with van der Waals surface area (Å²) in [7, 11) is 1.40. The molecule has 2 heterocycles. The molecule has 3 aromatic rings. The van der Waals surface area contributed by atoms with Gasteiger partial charge in [-0.15, -0.1) is 5.10 Å². The van der Waals surface area contributed by atoms with E-state index >= 15 is 0 Å². The van der Waals surface area contributed by atoms with Crippen LogP contribution in [0.15, 0.2) is 42.5 Å². The first kappa shape index (κ1) is 21.9. The van der Waals surface area contributed by atoms with Crippen LogP contribution in [-0.4, -0.2) is 76.2 Å². The minimum absolute atomic E-state index is 0.143. The number of hydroxylamine groups is 2. The Morgan fingerprint density at radius 2 is 1.91 bits per heavy atom. The number of aromatic nitrogens is 3. The van der Waals surface area contributed by atoms with Crippen molar-refractivity contribution < 1.29 is 19.5 Å². The van der Waals surface area contributed by atoms with Gasteiger partial charge >= 0.3 is 0 Å². The molecule has 9 nitrogen and oxygen atoms in total. The average Bonchev–Trinajstić information content (AvgIpc) is 3.24. The third-order valence-corrected chi connectivity index (χ3v) is 5.33. The summed E-state index contributed by atoms with van der Waals surface area (Å²) in [5.74, 6) is 6.36. The molecule has 1 atom stereocenters. The zero-order chi connectivity index (χ0) is 22.3. The monoisotopic (exact) mass is 435 g/mol. The molecule has 1 N–H and O–H groups in total. The number of fused-ring (bicyclic) bond motifs is 1. The van der Waals surface area contributed by atoms with E-state index in [1.54, 1.807) is 4.68 Å². The van der Waals surface area contributed by atoms with E-state index in [2.05, 4.69) is 39.2 Å². The van der Waals surface area contributed by atoms with Gasteiger partial charge in [0.1, 0.15) is 5.52 Å². The van der Waals surface area contributed by atoms with Gasteiger partial charge in [-0.05, 0) is 35.9 Å². The number of carbonyl (C=O) groups excluding carboxylic acids is 1. The van der Waals surface area contributed by atoms with E-state index in [1.165, 1.54) is 12.7 Å². The second kappa shape index (κ2) is 10.3. The molecule has 1 saturated heterocycles. The van der Waals surface area contributed by atoms with Crippen LogP contribution in [0.2, 0.25) is 0 Å². The smallest absolute Gasteiger partial charge is 0.235 e. The van der Waals surface area contributed by atoms with Gasteiger partial charge in [0.15, 0.2) is 6.23 Å². The van der Waals surface area contributed by atoms with Gasteiger partial charge in [0.25, 0.3) is 0 Å². The van der Waals surface area contributed by atoms with Gasteiger partial charge in [0.05, 0.1) is 25.3 Å². The maximum Gasteiger partial charge on any atom is 0.235 e. The van der Waals surface area contributed by atoms with Crippen molar-refractivity contribution in [1.29, 1.82) is 0 Å². The summed E-state index contributed by atoms with van der Waals surface area (Å²) < 4.78 is 12.1. The topological polar surface area (TPSA) is 92.9 Å². The standard InChI is InChI=1S/C23H25N5O4/c1-31-23(28(30)17-29)16-27-22-9-8-19(14-21(22)24-25-27)5-2-18-3-6-20(7-4-18)15-26-10-12-32-13-11-26/h3-4,6-9,14,17,23,30H,10-13,15-16H2,1H3. The molecule has 1 aliphatic rings. The Morgan fingerprint density at radius 3 is 2.62 bits per heavy atom. The number of morpholine rings is 1. The third-order valence-electron chi connectivity index (χ3n) is 5.33. The second-order valence-corrected chi connectivity index (χ2v) is 7.49. The van der Waals surface area contributed by atoms with Crippen LogP contribution in [0.25, 0.3) is 11.0 Å². The molecule has 32 heavy (non-hydrogen) atoms. The molecule has 0 bridgehead atoms. The number of methoxy groups -OCH3 is 1. The fourth-order valence-corrected chi connectivity index (χ4v) is 3.52. The number of rotatable bonds is 7. The fourth-order valence-electron chi connectivity index (χ4n) is 3.52. The largest absolute Gasteiger partial charge is 0.379 e. The normalized spacial score (nSPS) is 15.2. The van der Waals surface area contributed by atoms with Crippen molar-refractivity contribution in [3.8, 4) is 11.8 Å². The van der Waals surface area contributed by atoms with Crippen LogP contribution in [0.1, 0.15) is 16.7 Å². The molecular weight excluding hydrogens is 410 g/mol. The highest BCUT2D eigenvalue weighted by molar-refractivity contribution is 5.76. The van der Waals surface area contributed by atoms with Crippen molar-refractivity contribution in [2.45, 2.75) is 19.3 Å². The molecule has 4 rings (SSSR count). The molecule has 1 aromatic heterocycles. The lowest BCUT2D eigenvalue weighted by molar-refractivity contribution is -0.202. The van der Waals surface area contributed by atoms with Crippen molar-refractivity contribution in [1.82, 2.24) is 25.0 Å². The van der Waals surface area contributed by atoms with Crippen LogP contribution in [0.4, 0.5) is 0 Å². The first-order valence-electron chi connectivity index (χ1n) is 10.4. The van der Waals surface area contributed by atoms with E-state index in [4.69, 9.17) is 9.47 Å². The Hall–Kier alpha value is -3.29. The quantitative estimate of drug-likeness (QED) is 0.198. The predicted octanol–water partition coefficient (Wildman–Crippen LogP) is 1.48. The molecule has 1 amide bonds. The van der Waals surface area contributed by atoms with Crippen LogP contribution >= 0.6 is 0 Å². The van der Waals surface area contributed by atoms with Gasteiger partial charge < -0.3 is 9.47 Å². The fraction of sp³-hybridized carbons (Fsp3) is 0.348. The Morgan fingerprint density at radius 1 is 1.19 bits per heavy atom. The van der Waals surface area contributed by atoms with E-state index in [9.17, 15) is 10.0 Å². The van der Waals surface area contributed by atoms with E-state index in [0.29, 0.717) is 10.6 Å². The molecule has 1 aliphatic heterocycles. The lowest BCUT2D eigenvalue weighted by Gasteiger charge is -2.26. The molecular formula is C23H25N5O4. The van der Waals surface area contributed by atoms with Crippen molar-refractivity contribution in [3.05, 3.63) is 59.2 Å². The van der Waals surface area contributed by atoms with Gasteiger partial charge in [-0.1, -0.05) is 29.2 Å². The van der Waals surface area contributed by atoms with Crippen LogP contribution in [0.3, 0.4) is 0 Å². The van der Waals surface area contributed by atoms with E-state index in [-0.39, 0.29) is 13.0 Å². The zero-order valence-corrected chi connectivity index (χ0v) is 17.8. The summed E-state index contributed by atoms with van der Waals surface area (Å²) in [5.41, 5.74) is 4.45. The number of amides is 1. The number of ether oxygens (including phenoxy) is 2. The zero-order valence-electron chi connectivity index (χ0n) is 17.8. The van der Waals surface area contributed by atoms with Gasteiger partial charge in [0.2, 0.25) is 6.41 Å². The summed E-state index contributed by atoms with van der Waals surface area (Å²) in [5, 5.41) is 18.3. The molecule has 0 aliphatic carbocycles. The molecule has 0 radical (unpaired) electrons. The van der Waals surface area contributed by atoms with Crippen molar-refractivity contribution >= 4 is 17.4 Å². The van der Waals surface area contributed by atoms with Crippen molar-refractivity contribution in [2.75, 3.05) is 33.4 Å². The second-order valence-electron chi connectivity index (χ2n) is 7.49. The van der Waals surface area contributed by atoms with Gasteiger partial charge in [-0.2, -0.15) is 5.06 Å². The highest BCUT2D eigenvalue weighted by atomic mass is 16.6. The first-order chi connectivity index (χ1) is 15.7. The van der Waals surface area contributed by atoms with Crippen molar-refractivity contribution in [3.63, 3.8) is 0 Å². The summed E-state index contributed by atoms with van der Waals surface area (Å²) >= 11 is 0. The third kappa shape index (κ3) is 5.30. The van der Waals surface area contributed by atoms with Gasteiger partial charge in [-0.25, -0.2) is 4.68 Å². The highest BCUT2D eigenvalue weighted by Crippen LogP contribution is 2.15. The van der Waals surface area contributed by atoms with Crippen LogP contribution in [0.5, 0.6) is 0 Å². The minimum atomic E-state index is -0.858. The Kier molecular flexibility index (Phi) is 7.09. The lowest BCUT2D eigenvalue weighted by atomic mass is 10.1. The highest BCUT2D eigenvalue weighted by Gasteiger charge is 2.17. The van der Waals surface area contributed by atoms with Gasteiger partial charge in [-0.3, -0.25) is 14.9 Å². The molecule has 1 unspecified atom stereocenters. The summed E-state index contributed by atoms with van der Waals surface area (Å²) in [6.45, 7) is 4.60. The summed E-state index contributed by atoms with van der Waals surface area (Å²) in [6.07, 6.45) is -0.570. The Bertz CT molecular complexity index is 1110. The number of benzene rings is 2. The lowest BCUT2D eigenvalue weighted by Crippen LogP contribution is -2.36. The SMILES string of the molecule is COC(Cn1nnc2cc(C#Cc3ccc(CN4CCOCC4)cc3)ccc21)N(O)C=O. The van der Waals surface area contributed by atoms with E-state index < -0.39 is 6.23 Å². The predicted molar refractivity (Wildman–Crippen MR) is 117 cm³/mol. The Labute approximate surface area is 186 Å². The number of hydrogen-bond acceptors (Lipinski definition) is 7. The number of nitrogens with zero attached hydrogens (tertiary/aromatic N) is 5. The Balaban J connectivity index is 1.43. The van der Waals surface area contributed by atoms with E-state index in [0.717, 1.165) is 49.5 Å². The minimum Gasteiger partial charge on any atom is -0.379 e. The van der Waals surface area contributed by atoms with Crippen molar-refractivity contribution in [2.24, 2.45) is 0 Å². The molecule has 1 fully saturated rings. The van der Waals surface area contributed by atoms with Crippen LogP contribution in [-0.2, 0) is 27.4 Å². The molecule has 2 aromatic carbocycles. The van der Waals surface area contributed by atoms with E-state index in [1.807, 2.05) is 30.3 Å². The number of carbonyl (C=O) groups is 1. The maximum absolute atomic E-state index is 10.8. The molecule has 166 valence electrons. The van der Waals surface area contributed by atoms with Crippen LogP contribution < -0.4 is 0 Å². The molecule has 0 saturated carbocycles. The summed E-state index contributed by atoms with van der Waals surface area (Å²) in [6, 6.07) is 13.9.